The van der Waals surface area contributed by atoms with E-state index >= 15 is 0 Å². The lowest BCUT2D eigenvalue weighted by Gasteiger charge is -2.12. The molecular weight excluding hydrogens is 488 g/mol. The van der Waals surface area contributed by atoms with Crippen molar-refractivity contribution in [3.05, 3.63) is 101 Å². The minimum Gasteiger partial charge on any atom is -0.466 e. The Morgan fingerprint density at radius 2 is 1.65 bits per heavy atom. The van der Waals surface area contributed by atoms with Crippen LogP contribution in [0.3, 0.4) is 0 Å². The lowest BCUT2D eigenvalue weighted by Crippen LogP contribution is -2.30. The van der Waals surface area contributed by atoms with E-state index in [-0.39, 0.29) is 30.3 Å². The van der Waals surface area contributed by atoms with Gasteiger partial charge >= 0.3 is 5.97 Å². The molecule has 2 N–H and O–H groups in total. The Kier molecular flexibility index (Phi) is 10.2. The van der Waals surface area contributed by atoms with E-state index in [1.165, 1.54) is 11.8 Å². The Labute approximate surface area is 220 Å². The minimum atomic E-state index is -0.542. The van der Waals surface area contributed by atoms with E-state index < -0.39 is 17.8 Å². The zero-order valence-corrected chi connectivity index (χ0v) is 21.5. The van der Waals surface area contributed by atoms with Gasteiger partial charge in [0.15, 0.2) is 5.78 Å². The molecule has 8 heteroatoms. The number of hydrogen-bond acceptors (Lipinski definition) is 6. The molecule has 3 aromatic carbocycles. The third-order valence-electron chi connectivity index (χ3n) is 5.06. The number of benzene rings is 3. The van der Waals surface area contributed by atoms with Crippen molar-refractivity contribution in [2.45, 2.75) is 25.2 Å². The molecule has 0 aliphatic heterocycles. The number of hydrogen-bond donors (Lipinski definition) is 2. The van der Waals surface area contributed by atoms with Crippen LogP contribution in [0.2, 0.25) is 0 Å². The number of esters is 1. The highest BCUT2D eigenvalue weighted by molar-refractivity contribution is 8.00. The fraction of sp³-hybridized carbons (Fsp3) is 0.172. The monoisotopic (exact) mass is 516 g/mol. The van der Waals surface area contributed by atoms with Gasteiger partial charge in [0.2, 0.25) is 0 Å². The molecule has 0 aliphatic rings. The molecule has 3 aromatic rings. The molecule has 3 rings (SSSR count). The van der Waals surface area contributed by atoms with Crippen LogP contribution in [-0.4, -0.2) is 35.9 Å². The van der Waals surface area contributed by atoms with Crippen molar-refractivity contribution in [3.63, 3.8) is 0 Å². The SMILES string of the molecule is CCOC(=O)CC(=O)CSc1cccc(NC(=O)/C(=C\c2ccc(C)cc2)NC(=O)c2ccccc2)c1. The van der Waals surface area contributed by atoms with Crippen LogP contribution in [0.5, 0.6) is 0 Å². The van der Waals surface area contributed by atoms with Crippen molar-refractivity contribution in [3.8, 4) is 0 Å². The van der Waals surface area contributed by atoms with Gasteiger partial charge in [0, 0.05) is 16.1 Å². The van der Waals surface area contributed by atoms with Crippen molar-refractivity contribution in [2.24, 2.45) is 0 Å². The van der Waals surface area contributed by atoms with Gasteiger partial charge in [-0.2, -0.15) is 0 Å². The first kappa shape index (κ1) is 27.4. The standard InChI is InChI=1S/C29H28N2O5S/c1-3-36-27(33)18-24(32)19-37-25-11-7-10-23(17-25)30-29(35)26(16-21-14-12-20(2)13-15-21)31-28(34)22-8-5-4-6-9-22/h4-17H,3,18-19H2,1-2H3,(H,30,35)(H,31,34)/b26-16+. The molecule has 0 atom stereocenters. The van der Waals surface area contributed by atoms with Crippen LogP contribution < -0.4 is 10.6 Å². The molecule has 0 saturated heterocycles. The molecule has 0 spiro atoms. The molecule has 190 valence electrons. The lowest BCUT2D eigenvalue weighted by atomic mass is 10.1. The second-order valence-electron chi connectivity index (χ2n) is 8.08. The summed E-state index contributed by atoms with van der Waals surface area (Å²) in [6.07, 6.45) is 1.34. The number of anilines is 1. The van der Waals surface area contributed by atoms with Gasteiger partial charge in [0.05, 0.1) is 12.4 Å². The predicted molar refractivity (Wildman–Crippen MR) is 145 cm³/mol. The van der Waals surface area contributed by atoms with E-state index in [4.69, 9.17) is 4.74 Å². The average Bonchev–Trinajstić information content (AvgIpc) is 2.89. The van der Waals surface area contributed by atoms with Gasteiger partial charge in [-0.05, 0) is 55.8 Å². The quantitative estimate of drug-likeness (QED) is 0.161. The third-order valence-corrected chi connectivity index (χ3v) is 6.11. The number of aryl methyl sites for hydroxylation is 1. The Balaban J connectivity index is 1.72. The molecule has 0 aliphatic carbocycles. The molecule has 0 radical (unpaired) electrons. The van der Waals surface area contributed by atoms with Gasteiger partial charge < -0.3 is 15.4 Å². The summed E-state index contributed by atoms with van der Waals surface area (Å²) in [5.74, 6) is -1.59. The number of Topliss-reactive ketones (excluding diaryl/α,β-unsaturated/α-hetero) is 1. The van der Waals surface area contributed by atoms with Gasteiger partial charge in [0.1, 0.15) is 12.1 Å². The molecule has 2 amide bonds. The molecule has 0 fully saturated rings. The molecule has 0 unspecified atom stereocenters. The second-order valence-corrected chi connectivity index (χ2v) is 9.13. The molecule has 0 aromatic heterocycles. The van der Waals surface area contributed by atoms with Crippen molar-refractivity contribution < 1.29 is 23.9 Å². The van der Waals surface area contributed by atoms with E-state index in [1.54, 1.807) is 61.5 Å². The minimum absolute atomic E-state index is 0.0837. The number of carbonyl (C=O) groups excluding carboxylic acids is 4. The topological polar surface area (TPSA) is 102 Å². The van der Waals surface area contributed by atoms with Crippen LogP contribution in [0.1, 0.15) is 34.8 Å². The Hall–Kier alpha value is -4.17. The number of ketones is 1. The van der Waals surface area contributed by atoms with Crippen LogP contribution in [0.25, 0.3) is 6.08 Å². The first-order chi connectivity index (χ1) is 17.8. The summed E-state index contributed by atoms with van der Waals surface area (Å²) in [5, 5.41) is 5.53. The van der Waals surface area contributed by atoms with Crippen molar-refractivity contribution in [2.75, 3.05) is 17.7 Å². The fourth-order valence-electron chi connectivity index (χ4n) is 3.22. The average molecular weight is 517 g/mol. The maximum atomic E-state index is 13.2. The van der Waals surface area contributed by atoms with Crippen LogP contribution in [0, 0.1) is 6.92 Å². The second kappa shape index (κ2) is 13.8. The highest BCUT2D eigenvalue weighted by atomic mass is 32.2. The number of thioether (sulfide) groups is 1. The van der Waals surface area contributed by atoms with E-state index in [2.05, 4.69) is 10.6 Å². The molecule has 0 saturated carbocycles. The zero-order valence-electron chi connectivity index (χ0n) is 20.7. The third kappa shape index (κ3) is 9.09. The summed E-state index contributed by atoms with van der Waals surface area (Å²) in [7, 11) is 0. The summed E-state index contributed by atoms with van der Waals surface area (Å²) in [6, 6.07) is 23.2. The highest BCUT2D eigenvalue weighted by Gasteiger charge is 2.16. The highest BCUT2D eigenvalue weighted by Crippen LogP contribution is 2.22. The van der Waals surface area contributed by atoms with E-state index in [0.717, 1.165) is 16.0 Å². The molecular formula is C29H28N2O5S. The van der Waals surface area contributed by atoms with Gasteiger partial charge in [-0.1, -0.05) is 54.1 Å². The summed E-state index contributed by atoms with van der Waals surface area (Å²) in [6.45, 7) is 3.88. The number of rotatable bonds is 11. The van der Waals surface area contributed by atoms with Gasteiger partial charge in [0.25, 0.3) is 11.8 Å². The number of amides is 2. The smallest absolute Gasteiger partial charge is 0.313 e. The van der Waals surface area contributed by atoms with Crippen molar-refractivity contribution in [1.29, 1.82) is 0 Å². The summed E-state index contributed by atoms with van der Waals surface area (Å²) in [5.41, 5.74) is 2.84. The normalized spacial score (nSPS) is 10.9. The van der Waals surface area contributed by atoms with E-state index in [0.29, 0.717) is 11.3 Å². The van der Waals surface area contributed by atoms with Gasteiger partial charge in [-0.15, -0.1) is 11.8 Å². The van der Waals surface area contributed by atoms with E-state index in [1.807, 2.05) is 37.3 Å². The summed E-state index contributed by atoms with van der Waals surface area (Å²) >= 11 is 1.26. The van der Waals surface area contributed by atoms with Crippen LogP contribution in [0.4, 0.5) is 5.69 Å². The number of nitrogens with one attached hydrogen (secondary N) is 2. The van der Waals surface area contributed by atoms with Crippen LogP contribution in [0.15, 0.2) is 89.5 Å². The first-order valence-electron chi connectivity index (χ1n) is 11.7. The Morgan fingerprint density at radius 1 is 0.919 bits per heavy atom. The molecule has 7 nitrogen and oxygen atoms in total. The lowest BCUT2D eigenvalue weighted by molar-refractivity contribution is -0.145. The molecule has 37 heavy (non-hydrogen) atoms. The van der Waals surface area contributed by atoms with Crippen LogP contribution in [-0.2, 0) is 19.1 Å². The fourth-order valence-corrected chi connectivity index (χ4v) is 4.04. The predicted octanol–water partition coefficient (Wildman–Crippen LogP) is 5.02. The maximum Gasteiger partial charge on any atom is 0.313 e. The summed E-state index contributed by atoms with van der Waals surface area (Å²) in [4.78, 5) is 50.2. The van der Waals surface area contributed by atoms with Crippen LogP contribution >= 0.6 is 11.8 Å². The Bertz CT molecular complexity index is 1290. The number of carbonyl (C=O) groups is 4. The maximum absolute atomic E-state index is 13.2. The zero-order chi connectivity index (χ0) is 26.6. The van der Waals surface area contributed by atoms with Crippen molar-refractivity contribution in [1.82, 2.24) is 5.32 Å². The molecule has 0 heterocycles. The van der Waals surface area contributed by atoms with Crippen molar-refractivity contribution >= 4 is 47.1 Å². The summed E-state index contributed by atoms with van der Waals surface area (Å²) < 4.78 is 4.80. The Morgan fingerprint density at radius 3 is 2.35 bits per heavy atom. The molecule has 0 bridgehead atoms. The first-order valence-corrected chi connectivity index (χ1v) is 12.7. The number of ether oxygens (including phenoxy) is 1. The largest absolute Gasteiger partial charge is 0.466 e. The van der Waals surface area contributed by atoms with E-state index in [9.17, 15) is 19.2 Å². The van der Waals surface area contributed by atoms with Gasteiger partial charge in [-0.25, -0.2) is 0 Å². The van der Waals surface area contributed by atoms with Gasteiger partial charge in [-0.3, -0.25) is 19.2 Å².